The van der Waals surface area contributed by atoms with Crippen LogP contribution in [0.15, 0.2) is 0 Å². The Balaban J connectivity index is -0.000000120. The third-order valence-electron chi connectivity index (χ3n) is 1.25. The molecule has 0 atom stereocenters. The SMILES string of the molecule is O=C([O-])CC(O)(CC(=O)[O-])C(=O)[O-].[Cl-].[K+].[K+].[Mg+2]. The van der Waals surface area contributed by atoms with Crippen molar-refractivity contribution in [2.75, 3.05) is 0 Å². The van der Waals surface area contributed by atoms with E-state index in [1.54, 1.807) is 0 Å². The van der Waals surface area contributed by atoms with Crippen LogP contribution in [0.5, 0.6) is 0 Å². The monoisotopic (exact) mass is 326 g/mol. The van der Waals surface area contributed by atoms with Gasteiger partial charge in [0.1, 0.15) is 5.60 Å². The minimum Gasteiger partial charge on any atom is -1.00 e. The largest absolute Gasteiger partial charge is 2.00 e. The van der Waals surface area contributed by atoms with Crippen molar-refractivity contribution in [2.24, 2.45) is 0 Å². The number of hydrogen-bond donors (Lipinski definition) is 1. The van der Waals surface area contributed by atoms with E-state index < -0.39 is 36.4 Å². The number of hydrogen-bond acceptors (Lipinski definition) is 7. The molecule has 0 radical (unpaired) electrons. The quantitative estimate of drug-likeness (QED) is 0.494. The molecule has 0 aromatic rings. The van der Waals surface area contributed by atoms with Crippen molar-refractivity contribution >= 4 is 41.0 Å². The van der Waals surface area contributed by atoms with Crippen LogP contribution in [-0.2, 0) is 14.4 Å². The molecule has 0 aliphatic heterocycles. The molecule has 1 N–H and O–H groups in total. The first kappa shape index (κ1) is 31.9. The van der Waals surface area contributed by atoms with Gasteiger partial charge < -0.3 is 47.2 Å². The van der Waals surface area contributed by atoms with E-state index in [1.165, 1.54) is 0 Å². The van der Waals surface area contributed by atoms with E-state index in [-0.39, 0.29) is 138 Å². The zero-order valence-corrected chi connectivity index (χ0v) is 17.8. The van der Waals surface area contributed by atoms with Crippen molar-refractivity contribution in [3.63, 3.8) is 0 Å². The molecule has 0 aliphatic carbocycles. The zero-order chi connectivity index (χ0) is 10.6. The Morgan fingerprint density at radius 2 is 1.18 bits per heavy atom. The topological polar surface area (TPSA) is 141 Å². The van der Waals surface area contributed by atoms with Crippen LogP contribution < -0.4 is 130 Å². The smallest absolute Gasteiger partial charge is 1.00 e. The van der Waals surface area contributed by atoms with E-state index in [0.717, 1.165) is 0 Å². The molecule has 0 fully saturated rings. The average Bonchev–Trinajstić information content (AvgIpc) is 1.82. The average molecular weight is 327 g/mol. The van der Waals surface area contributed by atoms with E-state index in [2.05, 4.69) is 0 Å². The summed E-state index contributed by atoms with van der Waals surface area (Å²) in [4.78, 5) is 30.0. The Bertz CT molecular complexity index is 247. The summed E-state index contributed by atoms with van der Waals surface area (Å²) in [5.74, 6) is -5.98. The fraction of sp³-hybridized carbons (Fsp3) is 0.500. The van der Waals surface area contributed by atoms with Crippen molar-refractivity contribution in [1.29, 1.82) is 0 Å². The van der Waals surface area contributed by atoms with Gasteiger partial charge in [-0.15, -0.1) is 0 Å². The molecule has 0 saturated carbocycles. The van der Waals surface area contributed by atoms with Crippen LogP contribution in [0.2, 0.25) is 0 Å². The normalized spacial score (nSPS) is 8.29. The summed E-state index contributed by atoms with van der Waals surface area (Å²) >= 11 is 0. The zero-order valence-electron chi connectivity index (χ0n) is 9.40. The molecule has 11 heteroatoms. The summed E-state index contributed by atoms with van der Waals surface area (Å²) in [5, 5.41) is 38.9. The molecule has 0 bridgehead atoms. The molecule has 0 unspecified atom stereocenters. The maximum atomic E-state index is 10.1. The van der Waals surface area contributed by atoms with Crippen molar-refractivity contribution < 1.29 is 150 Å². The van der Waals surface area contributed by atoms with Crippen LogP contribution in [0.3, 0.4) is 0 Å². The molecule has 0 aromatic carbocycles. The molecule has 0 heterocycles. The number of carbonyl (C=O) groups excluding carboxylic acids is 3. The number of carbonyl (C=O) groups is 3. The third kappa shape index (κ3) is 14.9. The fourth-order valence-corrected chi connectivity index (χ4v) is 0.684. The summed E-state index contributed by atoms with van der Waals surface area (Å²) in [6, 6.07) is 0. The molecule has 82 valence electrons. The first-order valence-corrected chi connectivity index (χ1v) is 3.11. The number of carboxylic acids is 3. The summed E-state index contributed by atoms with van der Waals surface area (Å²) in [7, 11) is 0. The number of aliphatic carboxylic acids is 3. The van der Waals surface area contributed by atoms with Gasteiger partial charge in [-0.2, -0.15) is 0 Å². The predicted octanol–water partition coefficient (Wildman–Crippen LogP) is -14.6. The van der Waals surface area contributed by atoms with Gasteiger partial charge in [-0.3, -0.25) is 0 Å². The van der Waals surface area contributed by atoms with Crippen molar-refractivity contribution in [1.82, 2.24) is 0 Å². The second-order valence-electron chi connectivity index (χ2n) is 2.42. The Labute approximate surface area is 204 Å². The van der Waals surface area contributed by atoms with Crippen molar-refractivity contribution in [3.8, 4) is 0 Å². The summed E-state index contributed by atoms with van der Waals surface area (Å²) < 4.78 is 0. The molecular formula is C6H5ClK2MgO7. The molecule has 7 nitrogen and oxygen atoms in total. The first-order chi connectivity index (χ1) is 5.78. The minimum atomic E-state index is -2.97. The third-order valence-corrected chi connectivity index (χ3v) is 1.25. The second kappa shape index (κ2) is 15.1. The second-order valence-corrected chi connectivity index (χ2v) is 2.42. The molecule has 0 rings (SSSR count). The van der Waals surface area contributed by atoms with Gasteiger partial charge in [-0.05, 0) is 0 Å². The molecular weight excluding hydrogens is 322 g/mol. The van der Waals surface area contributed by atoms with Crippen LogP contribution >= 0.6 is 0 Å². The van der Waals surface area contributed by atoms with Gasteiger partial charge in [-0.25, -0.2) is 0 Å². The minimum absolute atomic E-state index is 0. The standard InChI is InChI=1S/C6H8O7.ClH.2K.Mg/c7-3(8)1-6(13,5(11)12)2-4(9)10;;;;/h13H,1-2H2,(H,7,8)(H,9,10)(H,11,12);1H;;;/q;;2*+1;+2/p-4. The fourth-order valence-electron chi connectivity index (χ4n) is 0.684. The van der Waals surface area contributed by atoms with Gasteiger partial charge in [0, 0.05) is 24.8 Å². The number of rotatable bonds is 5. The molecule has 0 saturated heterocycles. The van der Waals surface area contributed by atoms with Crippen LogP contribution in [0.4, 0.5) is 0 Å². The van der Waals surface area contributed by atoms with E-state index in [1.807, 2.05) is 0 Å². The molecule has 0 aliphatic rings. The van der Waals surface area contributed by atoms with Gasteiger partial charge in [-0.1, -0.05) is 0 Å². The van der Waals surface area contributed by atoms with Gasteiger partial charge in [0.25, 0.3) is 0 Å². The van der Waals surface area contributed by atoms with E-state index in [0.29, 0.717) is 0 Å². The summed E-state index contributed by atoms with van der Waals surface area (Å²) in [5.41, 5.74) is -2.97. The summed E-state index contributed by atoms with van der Waals surface area (Å²) in [6.07, 6.45) is -2.72. The van der Waals surface area contributed by atoms with Crippen LogP contribution in [-0.4, -0.2) is 51.7 Å². The van der Waals surface area contributed by atoms with Crippen LogP contribution in [0, 0.1) is 0 Å². The van der Waals surface area contributed by atoms with Crippen LogP contribution in [0.1, 0.15) is 12.8 Å². The van der Waals surface area contributed by atoms with E-state index in [9.17, 15) is 29.7 Å². The van der Waals surface area contributed by atoms with Crippen LogP contribution in [0.25, 0.3) is 0 Å². The number of halogens is 1. The molecule has 0 spiro atoms. The van der Waals surface area contributed by atoms with Gasteiger partial charge >= 0.3 is 126 Å². The Morgan fingerprint density at radius 3 is 1.29 bits per heavy atom. The van der Waals surface area contributed by atoms with Crippen molar-refractivity contribution in [2.45, 2.75) is 18.4 Å². The number of aliphatic hydroxyl groups is 1. The van der Waals surface area contributed by atoms with E-state index in [4.69, 9.17) is 5.11 Å². The van der Waals surface area contributed by atoms with Gasteiger partial charge in [0.05, 0.1) is 5.97 Å². The molecule has 17 heavy (non-hydrogen) atoms. The predicted molar refractivity (Wildman–Crippen MR) is 35.0 cm³/mol. The first-order valence-electron chi connectivity index (χ1n) is 3.11. The Hall–Kier alpha value is 2.70. The summed E-state index contributed by atoms with van der Waals surface area (Å²) in [6.45, 7) is 0. The molecule has 0 aromatic heterocycles. The maximum absolute atomic E-state index is 10.1. The van der Waals surface area contributed by atoms with Gasteiger partial charge in [0.2, 0.25) is 0 Å². The van der Waals surface area contributed by atoms with E-state index >= 15 is 0 Å². The van der Waals surface area contributed by atoms with Gasteiger partial charge in [0.15, 0.2) is 0 Å². The Kier molecular flexibility index (Phi) is 28.3. The maximum Gasteiger partial charge on any atom is 2.00 e. The van der Waals surface area contributed by atoms with Crippen molar-refractivity contribution in [3.05, 3.63) is 0 Å². The molecule has 0 amide bonds. The Morgan fingerprint density at radius 1 is 0.941 bits per heavy atom. The number of carboxylic acid groups (broad SMARTS) is 3.